The maximum Gasteiger partial charge on any atom is 0.416 e. The summed E-state index contributed by atoms with van der Waals surface area (Å²) >= 11 is 3.62. The van der Waals surface area contributed by atoms with Gasteiger partial charge in [-0.2, -0.15) is 18.2 Å². The molecule has 0 spiro atoms. The number of ether oxygens (including phenoxy) is 3. The van der Waals surface area contributed by atoms with E-state index in [1.807, 2.05) is 26.2 Å². The van der Waals surface area contributed by atoms with Crippen molar-refractivity contribution >= 4 is 21.7 Å². The monoisotopic (exact) mass is 716 g/mol. The van der Waals surface area contributed by atoms with Gasteiger partial charge < -0.3 is 19.1 Å². The Bertz CT molecular complexity index is 1660. The zero-order valence-electron chi connectivity index (χ0n) is 26.6. The lowest BCUT2D eigenvalue weighted by Gasteiger charge is -2.39. The van der Waals surface area contributed by atoms with Gasteiger partial charge in [0, 0.05) is 36.1 Å². The third-order valence-corrected chi connectivity index (χ3v) is 9.16. The molecule has 9 nitrogen and oxygen atoms in total. The van der Waals surface area contributed by atoms with Crippen molar-refractivity contribution in [2.45, 2.75) is 56.6 Å². The number of pyridine rings is 1. The summed E-state index contributed by atoms with van der Waals surface area (Å²) in [7, 11) is 7.04. The first kappa shape index (κ1) is 34.6. The van der Waals surface area contributed by atoms with Crippen LogP contribution in [0.25, 0.3) is 0 Å². The standard InChI is InChI=1S/C34H38BrF3N5O4/c1-42(2)29-16-24(23-6-5-7-26(15-23)34(36,37)38)9-11-30(29)47-33-28(35)14-22(18-40-33)19-43(44,32-12-13-39-21-41-32)20-25-8-10-27(45-3)17-31(25)46-4/h5-8,10,12-15,17-18,21,24,29-30,44H,9,11,16,19-20H2,1-4H3/q+1/t24-,29?,30?,43?/m0/s1. The molecule has 2 aromatic carbocycles. The van der Waals surface area contributed by atoms with Crippen LogP contribution in [0.1, 0.15) is 47.4 Å². The van der Waals surface area contributed by atoms with Gasteiger partial charge in [-0.15, -0.1) is 4.65 Å². The van der Waals surface area contributed by atoms with Gasteiger partial charge in [-0.05, 0) is 85.0 Å². The highest BCUT2D eigenvalue weighted by molar-refractivity contribution is 9.10. The highest BCUT2D eigenvalue weighted by Crippen LogP contribution is 2.40. The normalized spacial score (nSPS) is 19.7. The molecule has 2 aromatic heterocycles. The average molecular weight is 718 g/mol. The lowest BCUT2D eigenvalue weighted by Crippen LogP contribution is -2.46. The Morgan fingerprint density at radius 2 is 1.81 bits per heavy atom. The van der Waals surface area contributed by atoms with E-state index in [4.69, 9.17) is 14.2 Å². The molecule has 1 aliphatic rings. The number of benzene rings is 2. The summed E-state index contributed by atoms with van der Waals surface area (Å²) in [4.78, 5) is 15.0. The van der Waals surface area contributed by atoms with E-state index in [1.54, 1.807) is 50.9 Å². The quantitative estimate of drug-likeness (QED) is 0.127. The predicted octanol–water partition coefficient (Wildman–Crippen LogP) is 7.41. The zero-order valence-corrected chi connectivity index (χ0v) is 28.2. The maximum atomic E-state index is 13.4. The summed E-state index contributed by atoms with van der Waals surface area (Å²) in [5.74, 6) is 1.97. The number of likely N-dealkylation sites (N-methyl/N-ethyl adjacent to an activating group) is 1. The van der Waals surface area contributed by atoms with Crippen LogP contribution in [0.2, 0.25) is 0 Å². The van der Waals surface area contributed by atoms with E-state index in [1.165, 1.54) is 18.5 Å². The lowest BCUT2D eigenvalue weighted by molar-refractivity contribution is -0.137. The Morgan fingerprint density at radius 3 is 2.47 bits per heavy atom. The molecule has 13 heteroatoms. The smallest absolute Gasteiger partial charge is 0.416 e. The van der Waals surface area contributed by atoms with Crippen molar-refractivity contribution < 1.29 is 32.6 Å². The fourth-order valence-corrected chi connectivity index (χ4v) is 6.66. The summed E-state index contributed by atoms with van der Waals surface area (Å²) in [6.45, 7) is 0.264. The van der Waals surface area contributed by atoms with Gasteiger partial charge >= 0.3 is 6.18 Å². The summed E-state index contributed by atoms with van der Waals surface area (Å²) in [5, 5.41) is 12.1. The van der Waals surface area contributed by atoms with Crippen molar-refractivity contribution in [3.8, 4) is 17.4 Å². The molecule has 1 N–H and O–H groups in total. The third kappa shape index (κ3) is 8.21. The first-order valence-corrected chi connectivity index (χ1v) is 15.9. The Balaban J connectivity index is 1.34. The van der Waals surface area contributed by atoms with Crippen LogP contribution in [0.15, 0.2) is 77.8 Å². The summed E-state index contributed by atoms with van der Waals surface area (Å²) in [6, 6.07) is 14.5. The molecule has 0 amide bonds. The molecule has 1 saturated carbocycles. The summed E-state index contributed by atoms with van der Waals surface area (Å²) in [5.41, 5.74) is 1.53. The van der Waals surface area contributed by atoms with E-state index in [9.17, 15) is 18.4 Å². The number of hydroxylamine groups is 2. The Morgan fingerprint density at radius 1 is 1.00 bits per heavy atom. The van der Waals surface area contributed by atoms with Crippen LogP contribution >= 0.6 is 15.9 Å². The number of hydrogen-bond acceptors (Lipinski definition) is 8. The van der Waals surface area contributed by atoms with E-state index >= 15 is 0 Å². The second-order valence-electron chi connectivity index (χ2n) is 11.9. The van der Waals surface area contributed by atoms with E-state index < -0.39 is 16.4 Å². The van der Waals surface area contributed by atoms with E-state index in [0.717, 1.165) is 17.2 Å². The Kier molecular flexibility index (Phi) is 10.7. The van der Waals surface area contributed by atoms with Crippen LogP contribution < -0.4 is 18.9 Å². The van der Waals surface area contributed by atoms with Gasteiger partial charge in [0.05, 0.1) is 29.8 Å². The summed E-state index contributed by atoms with van der Waals surface area (Å²) < 4.78 is 57.5. The molecular formula is C34H38BrF3N5O4+. The molecule has 0 saturated heterocycles. The number of nitrogens with zero attached hydrogens (tertiary/aromatic N) is 5. The molecule has 1 fully saturated rings. The third-order valence-electron chi connectivity index (χ3n) is 8.59. The number of alkyl halides is 3. The van der Waals surface area contributed by atoms with Crippen molar-refractivity contribution in [1.29, 1.82) is 0 Å². The van der Waals surface area contributed by atoms with Gasteiger partial charge in [-0.25, -0.2) is 15.2 Å². The molecule has 47 heavy (non-hydrogen) atoms. The van der Waals surface area contributed by atoms with E-state index in [0.29, 0.717) is 52.5 Å². The number of quaternary nitrogens is 1. The van der Waals surface area contributed by atoms with Crippen LogP contribution in [-0.4, -0.2) is 65.5 Å². The molecule has 4 aromatic rings. The minimum absolute atomic E-state index is 0.0232. The molecule has 0 radical (unpaired) electrons. The van der Waals surface area contributed by atoms with Gasteiger partial charge in [-0.1, -0.05) is 18.2 Å². The summed E-state index contributed by atoms with van der Waals surface area (Å²) in [6.07, 6.45) is 1.99. The van der Waals surface area contributed by atoms with Crippen LogP contribution in [0.5, 0.6) is 17.4 Å². The Hall–Kier alpha value is -3.78. The van der Waals surface area contributed by atoms with Crippen LogP contribution in [0.4, 0.5) is 19.0 Å². The molecule has 5 rings (SSSR count). The molecule has 250 valence electrons. The topological polar surface area (TPSA) is 89.8 Å². The van der Waals surface area contributed by atoms with Crippen molar-refractivity contribution in [3.63, 3.8) is 0 Å². The largest absolute Gasteiger partial charge is 0.497 e. The SMILES string of the molecule is COc1ccc(C[N+](O)(Cc2cnc(OC3CC[C@H](c4cccc(C(F)(F)F)c4)CC3N(C)C)c(Br)c2)c2ccncn2)c(OC)c1. The molecule has 0 bridgehead atoms. The number of methoxy groups -OCH3 is 2. The van der Waals surface area contributed by atoms with Crippen molar-refractivity contribution in [3.05, 3.63) is 100 Å². The molecule has 2 heterocycles. The number of aromatic nitrogens is 3. The molecular weight excluding hydrogens is 679 g/mol. The minimum Gasteiger partial charge on any atom is -0.497 e. The van der Waals surface area contributed by atoms with Crippen molar-refractivity contribution in [2.24, 2.45) is 0 Å². The number of hydrogen-bond donors (Lipinski definition) is 1. The molecule has 4 atom stereocenters. The van der Waals surface area contributed by atoms with Gasteiger partial charge in [-0.3, -0.25) is 0 Å². The minimum atomic E-state index is -4.38. The van der Waals surface area contributed by atoms with E-state index in [-0.39, 0.29) is 31.2 Å². The predicted molar refractivity (Wildman–Crippen MR) is 174 cm³/mol. The van der Waals surface area contributed by atoms with Crippen molar-refractivity contribution in [2.75, 3.05) is 28.3 Å². The first-order valence-electron chi connectivity index (χ1n) is 15.1. The van der Waals surface area contributed by atoms with Crippen LogP contribution in [0, 0.1) is 0 Å². The van der Waals surface area contributed by atoms with Crippen LogP contribution in [0.3, 0.4) is 0 Å². The first-order chi connectivity index (χ1) is 22.4. The average Bonchev–Trinajstić information content (AvgIpc) is 3.06. The van der Waals surface area contributed by atoms with Crippen LogP contribution in [-0.2, 0) is 19.3 Å². The maximum absolute atomic E-state index is 13.4. The number of rotatable bonds is 11. The fourth-order valence-electron chi connectivity index (χ4n) is 6.17. The van der Waals surface area contributed by atoms with Crippen molar-refractivity contribution in [1.82, 2.24) is 24.5 Å². The van der Waals surface area contributed by atoms with Gasteiger partial charge in [0.25, 0.3) is 5.82 Å². The fraction of sp³-hybridized carbons (Fsp3) is 0.382. The molecule has 3 unspecified atom stereocenters. The second kappa shape index (κ2) is 14.5. The zero-order chi connectivity index (χ0) is 33.8. The van der Waals surface area contributed by atoms with Gasteiger partial charge in [0.15, 0.2) is 0 Å². The Labute approximate surface area is 280 Å². The lowest BCUT2D eigenvalue weighted by atomic mass is 9.79. The molecule has 1 aliphatic carbocycles. The highest BCUT2D eigenvalue weighted by Gasteiger charge is 2.37. The van der Waals surface area contributed by atoms with E-state index in [2.05, 4.69) is 35.8 Å². The number of halogens is 4. The van der Waals surface area contributed by atoms with Gasteiger partial charge in [0.2, 0.25) is 5.88 Å². The molecule has 0 aliphatic heterocycles. The second-order valence-corrected chi connectivity index (χ2v) is 12.8. The van der Waals surface area contributed by atoms with Gasteiger partial charge in [0.1, 0.15) is 37.0 Å². The highest BCUT2D eigenvalue weighted by atomic mass is 79.9.